The molecule has 1 heterocycles. The molecule has 0 aliphatic heterocycles. The van der Waals surface area contributed by atoms with Crippen LogP contribution in [0.25, 0.3) is 10.9 Å². The van der Waals surface area contributed by atoms with E-state index in [9.17, 15) is 0 Å². The van der Waals surface area contributed by atoms with Gasteiger partial charge in [-0.05, 0) is 43.1 Å². The average Bonchev–Trinajstić information content (AvgIpc) is 2.78. The van der Waals surface area contributed by atoms with Crippen molar-refractivity contribution in [2.45, 2.75) is 19.9 Å². The summed E-state index contributed by atoms with van der Waals surface area (Å²) in [5.41, 5.74) is 11.0. The first-order valence-corrected chi connectivity index (χ1v) is 7.10. The summed E-state index contributed by atoms with van der Waals surface area (Å²) in [6.45, 7) is 3.74. The normalized spacial score (nSPS) is 10.6. The van der Waals surface area contributed by atoms with Gasteiger partial charge in [-0.15, -0.1) is 12.4 Å². The molecule has 3 heteroatoms. The fourth-order valence-electron chi connectivity index (χ4n) is 2.75. The standard InChI is InChI=1S/C18H20N2.ClH/c1-14-7-8-18-17(11-14)16(9-10-19)13-20(18)12-15-5-3-2-4-6-15;/h2-8,11,13H,9-10,12,19H2,1H3;1H. The van der Waals surface area contributed by atoms with Gasteiger partial charge >= 0.3 is 0 Å². The van der Waals surface area contributed by atoms with E-state index in [0.29, 0.717) is 6.54 Å². The predicted octanol–water partition coefficient (Wildman–Crippen LogP) is 3.92. The molecule has 0 radical (unpaired) electrons. The van der Waals surface area contributed by atoms with Crippen LogP contribution in [0.3, 0.4) is 0 Å². The number of fused-ring (bicyclic) bond motifs is 1. The maximum atomic E-state index is 5.74. The van der Waals surface area contributed by atoms with Crippen molar-refractivity contribution >= 4 is 23.3 Å². The summed E-state index contributed by atoms with van der Waals surface area (Å²) in [7, 11) is 0. The summed E-state index contributed by atoms with van der Waals surface area (Å²) in [6.07, 6.45) is 3.19. The van der Waals surface area contributed by atoms with Crippen LogP contribution in [0.1, 0.15) is 16.7 Å². The van der Waals surface area contributed by atoms with Gasteiger partial charge < -0.3 is 10.3 Å². The van der Waals surface area contributed by atoms with Crippen molar-refractivity contribution in [1.82, 2.24) is 4.57 Å². The molecule has 0 aliphatic carbocycles. The van der Waals surface area contributed by atoms with Crippen LogP contribution in [0.4, 0.5) is 0 Å². The summed E-state index contributed by atoms with van der Waals surface area (Å²) >= 11 is 0. The van der Waals surface area contributed by atoms with E-state index in [4.69, 9.17) is 5.73 Å². The van der Waals surface area contributed by atoms with Gasteiger partial charge in [0.25, 0.3) is 0 Å². The van der Waals surface area contributed by atoms with E-state index in [1.54, 1.807) is 0 Å². The topological polar surface area (TPSA) is 30.9 Å². The van der Waals surface area contributed by atoms with Crippen LogP contribution < -0.4 is 5.73 Å². The molecule has 0 unspecified atom stereocenters. The van der Waals surface area contributed by atoms with Crippen molar-refractivity contribution < 1.29 is 0 Å². The Bertz CT molecular complexity index is 717. The fraction of sp³-hybridized carbons (Fsp3) is 0.222. The second-order valence-electron chi connectivity index (χ2n) is 5.33. The van der Waals surface area contributed by atoms with Crippen molar-refractivity contribution in [2.75, 3.05) is 6.54 Å². The highest BCUT2D eigenvalue weighted by Crippen LogP contribution is 2.24. The molecule has 0 saturated carbocycles. The molecule has 0 bridgehead atoms. The number of rotatable bonds is 4. The number of hydrogen-bond acceptors (Lipinski definition) is 1. The second kappa shape index (κ2) is 6.79. The third-order valence-electron chi connectivity index (χ3n) is 3.73. The molecular formula is C18H21ClN2. The van der Waals surface area contributed by atoms with Gasteiger partial charge in [-0.1, -0.05) is 42.0 Å². The first kappa shape index (κ1) is 15.6. The molecule has 1 aromatic heterocycles. The largest absolute Gasteiger partial charge is 0.343 e. The molecule has 3 rings (SSSR count). The zero-order valence-corrected chi connectivity index (χ0v) is 13.1. The molecule has 0 saturated heterocycles. The van der Waals surface area contributed by atoms with Crippen LogP contribution >= 0.6 is 12.4 Å². The molecule has 0 spiro atoms. The molecule has 2 N–H and O–H groups in total. The van der Waals surface area contributed by atoms with Crippen molar-refractivity contribution in [3.05, 3.63) is 71.4 Å². The van der Waals surface area contributed by atoms with Gasteiger partial charge in [0.05, 0.1) is 0 Å². The molecule has 3 aromatic rings. The monoisotopic (exact) mass is 300 g/mol. The lowest BCUT2D eigenvalue weighted by atomic mass is 10.1. The first-order chi connectivity index (χ1) is 9.78. The minimum Gasteiger partial charge on any atom is -0.343 e. The van der Waals surface area contributed by atoms with E-state index in [-0.39, 0.29) is 12.4 Å². The molecule has 0 atom stereocenters. The van der Waals surface area contributed by atoms with Crippen molar-refractivity contribution in [3.63, 3.8) is 0 Å². The lowest BCUT2D eigenvalue weighted by molar-refractivity contribution is 0.827. The quantitative estimate of drug-likeness (QED) is 0.778. The number of aromatic nitrogens is 1. The number of hydrogen-bond donors (Lipinski definition) is 1. The van der Waals surface area contributed by atoms with Crippen LogP contribution in [0.2, 0.25) is 0 Å². The predicted molar refractivity (Wildman–Crippen MR) is 92.2 cm³/mol. The number of aryl methyl sites for hydroxylation is 1. The molecule has 0 fully saturated rings. The Hall–Kier alpha value is -1.77. The maximum absolute atomic E-state index is 5.74. The van der Waals surface area contributed by atoms with Gasteiger partial charge in [-0.2, -0.15) is 0 Å². The van der Waals surface area contributed by atoms with Gasteiger partial charge in [-0.3, -0.25) is 0 Å². The third kappa shape index (κ3) is 3.29. The van der Waals surface area contributed by atoms with E-state index in [1.165, 1.54) is 27.6 Å². The number of halogens is 1. The highest BCUT2D eigenvalue weighted by atomic mass is 35.5. The van der Waals surface area contributed by atoms with E-state index in [2.05, 4.69) is 66.2 Å². The average molecular weight is 301 g/mol. The second-order valence-corrected chi connectivity index (χ2v) is 5.33. The Kier molecular flexibility index (Phi) is 5.05. The summed E-state index contributed by atoms with van der Waals surface area (Å²) in [4.78, 5) is 0. The zero-order chi connectivity index (χ0) is 13.9. The van der Waals surface area contributed by atoms with Crippen molar-refractivity contribution in [1.29, 1.82) is 0 Å². The number of benzene rings is 2. The van der Waals surface area contributed by atoms with Crippen LogP contribution in [-0.2, 0) is 13.0 Å². The fourth-order valence-corrected chi connectivity index (χ4v) is 2.75. The van der Waals surface area contributed by atoms with Gasteiger partial charge in [0.15, 0.2) is 0 Å². The summed E-state index contributed by atoms with van der Waals surface area (Å²) in [5.74, 6) is 0. The molecule has 2 nitrogen and oxygen atoms in total. The summed E-state index contributed by atoms with van der Waals surface area (Å²) in [6, 6.07) is 17.2. The van der Waals surface area contributed by atoms with Crippen LogP contribution in [0, 0.1) is 6.92 Å². The Balaban J connectivity index is 0.00000161. The van der Waals surface area contributed by atoms with Crippen molar-refractivity contribution in [2.24, 2.45) is 5.73 Å². The van der Waals surface area contributed by atoms with E-state index < -0.39 is 0 Å². The molecule has 2 aromatic carbocycles. The lowest BCUT2D eigenvalue weighted by Gasteiger charge is -2.05. The molecule has 110 valence electrons. The smallest absolute Gasteiger partial charge is 0.0486 e. The van der Waals surface area contributed by atoms with Crippen LogP contribution in [-0.4, -0.2) is 11.1 Å². The number of nitrogens with two attached hydrogens (primary N) is 1. The Morgan fingerprint density at radius 2 is 1.81 bits per heavy atom. The summed E-state index contributed by atoms with van der Waals surface area (Å²) in [5, 5.41) is 1.34. The Morgan fingerprint density at radius 3 is 2.52 bits per heavy atom. The number of nitrogens with zero attached hydrogens (tertiary/aromatic N) is 1. The molecule has 0 aliphatic rings. The van der Waals surface area contributed by atoms with E-state index >= 15 is 0 Å². The minimum atomic E-state index is 0. The highest BCUT2D eigenvalue weighted by molar-refractivity contribution is 5.85. The van der Waals surface area contributed by atoms with Gasteiger partial charge in [0.1, 0.15) is 0 Å². The van der Waals surface area contributed by atoms with Crippen LogP contribution in [0.15, 0.2) is 54.7 Å². The third-order valence-corrected chi connectivity index (χ3v) is 3.73. The SMILES string of the molecule is Cc1ccc2c(c1)c(CCN)cn2Cc1ccccc1.Cl. The first-order valence-electron chi connectivity index (χ1n) is 7.10. The van der Waals surface area contributed by atoms with E-state index in [1.807, 2.05) is 0 Å². The van der Waals surface area contributed by atoms with E-state index in [0.717, 1.165) is 13.0 Å². The van der Waals surface area contributed by atoms with Gasteiger partial charge in [-0.25, -0.2) is 0 Å². The highest BCUT2D eigenvalue weighted by Gasteiger charge is 2.08. The van der Waals surface area contributed by atoms with Gasteiger partial charge in [0.2, 0.25) is 0 Å². The van der Waals surface area contributed by atoms with Crippen molar-refractivity contribution in [3.8, 4) is 0 Å². The molecular weight excluding hydrogens is 280 g/mol. The van der Waals surface area contributed by atoms with Crippen LogP contribution in [0.5, 0.6) is 0 Å². The maximum Gasteiger partial charge on any atom is 0.0486 e. The summed E-state index contributed by atoms with van der Waals surface area (Å²) < 4.78 is 2.33. The zero-order valence-electron chi connectivity index (χ0n) is 12.3. The Morgan fingerprint density at radius 1 is 1.05 bits per heavy atom. The Labute approximate surface area is 132 Å². The molecule has 21 heavy (non-hydrogen) atoms. The lowest BCUT2D eigenvalue weighted by Crippen LogP contribution is -2.02. The van der Waals surface area contributed by atoms with Gasteiger partial charge in [0, 0.05) is 23.6 Å². The minimum absolute atomic E-state index is 0. The molecule has 0 amide bonds.